The minimum atomic E-state index is -0.622. The normalized spacial score (nSPS) is 10.3. The number of amides is 1. The molecule has 0 saturated carbocycles. The van der Waals surface area contributed by atoms with Crippen LogP contribution in [0.25, 0.3) is 0 Å². The van der Waals surface area contributed by atoms with E-state index in [4.69, 9.17) is 4.74 Å². The third kappa shape index (κ3) is 6.33. The molecule has 0 bridgehead atoms. The molecule has 0 aliphatic heterocycles. The molecule has 0 unspecified atom stereocenters. The van der Waals surface area contributed by atoms with E-state index in [-0.39, 0.29) is 25.2 Å². The van der Waals surface area contributed by atoms with Gasteiger partial charge in [-0.25, -0.2) is 4.39 Å². The first kappa shape index (κ1) is 20.3. The van der Waals surface area contributed by atoms with Crippen molar-refractivity contribution in [3.63, 3.8) is 0 Å². The molecule has 0 fully saturated rings. The SMILES string of the molecule is Cc1ccc(C(=O)CCC(=O)OCC(=O)N(C)Cc2ccccc2F)cc1. The van der Waals surface area contributed by atoms with E-state index in [1.807, 2.05) is 19.1 Å². The molecule has 0 aliphatic rings. The van der Waals surface area contributed by atoms with Gasteiger partial charge in [0.15, 0.2) is 12.4 Å². The zero-order valence-corrected chi connectivity index (χ0v) is 15.4. The van der Waals surface area contributed by atoms with Crippen molar-refractivity contribution < 1.29 is 23.5 Å². The summed E-state index contributed by atoms with van der Waals surface area (Å²) < 4.78 is 18.5. The summed E-state index contributed by atoms with van der Waals surface area (Å²) in [5.74, 6) is -1.63. The number of ether oxygens (including phenoxy) is 1. The van der Waals surface area contributed by atoms with Crippen LogP contribution in [0.3, 0.4) is 0 Å². The fourth-order valence-corrected chi connectivity index (χ4v) is 2.39. The summed E-state index contributed by atoms with van der Waals surface area (Å²) in [5, 5.41) is 0. The third-order valence-corrected chi connectivity index (χ3v) is 4.08. The van der Waals surface area contributed by atoms with Crippen LogP contribution in [-0.2, 0) is 20.9 Å². The molecule has 0 radical (unpaired) electrons. The maximum atomic E-state index is 13.6. The number of nitrogens with zero attached hydrogens (tertiary/aromatic N) is 1. The summed E-state index contributed by atoms with van der Waals surface area (Å²) in [6, 6.07) is 13.2. The highest BCUT2D eigenvalue weighted by molar-refractivity contribution is 5.97. The average molecular weight is 371 g/mol. The number of hydrogen-bond acceptors (Lipinski definition) is 4. The van der Waals surface area contributed by atoms with E-state index < -0.39 is 24.3 Å². The van der Waals surface area contributed by atoms with Crippen molar-refractivity contribution in [1.82, 2.24) is 4.90 Å². The lowest BCUT2D eigenvalue weighted by Crippen LogP contribution is -2.31. The molecule has 0 aromatic heterocycles. The van der Waals surface area contributed by atoms with Crippen molar-refractivity contribution in [2.75, 3.05) is 13.7 Å². The Morgan fingerprint density at radius 1 is 1.00 bits per heavy atom. The molecular weight excluding hydrogens is 349 g/mol. The van der Waals surface area contributed by atoms with Crippen molar-refractivity contribution in [2.24, 2.45) is 0 Å². The molecule has 142 valence electrons. The lowest BCUT2D eigenvalue weighted by atomic mass is 10.1. The van der Waals surface area contributed by atoms with Crippen LogP contribution in [0.5, 0.6) is 0 Å². The number of carbonyl (C=O) groups is 3. The highest BCUT2D eigenvalue weighted by atomic mass is 19.1. The number of benzene rings is 2. The summed E-state index contributed by atoms with van der Waals surface area (Å²) in [5.41, 5.74) is 1.96. The van der Waals surface area contributed by atoms with Gasteiger partial charge in [-0.2, -0.15) is 0 Å². The Morgan fingerprint density at radius 3 is 2.33 bits per heavy atom. The summed E-state index contributed by atoms with van der Waals surface area (Å²) in [6.07, 6.45) is -0.0852. The Hall–Kier alpha value is -3.02. The zero-order valence-electron chi connectivity index (χ0n) is 15.4. The van der Waals surface area contributed by atoms with E-state index in [0.717, 1.165) is 5.56 Å². The molecule has 0 saturated heterocycles. The van der Waals surface area contributed by atoms with E-state index >= 15 is 0 Å². The van der Waals surface area contributed by atoms with Crippen LogP contribution in [0.1, 0.15) is 34.3 Å². The van der Waals surface area contributed by atoms with Crippen molar-refractivity contribution in [2.45, 2.75) is 26.3 Å². The second-order valence-electron chi connectivity index (χ2n) is 6.29. The number of ketones is 1. The van der Waals surface area contributed by atoms with Gasteiger partial charge in [0.25, 0.3) is 5.91 Å². The Labute approximate surface area is 157 Å². The molecule has 0 heterocycles. The molecule has 2 aromatic carbocycles. The first-order chi connectivity index (χ1) is 12.9. The molecule has 0 aliphatic carbocycles. The maximum Gasteiger partial charge on any atom is 0.306 e. The average Bonchev–Trinajstić information content (AvgIpc) is 2.66. The number of aryl methyl sites for hydroxylation is 1. The lowest BCUT2D eigenvalue weighted by molar-refractivity contribution is -0.151. The molecule has 27 heavy (non-hydrogen) atoms. The minimum Gasteiger partial charge on any atom is -0.456 e. The van der Waals surface area contributed by atoms with Gasteiger partial charge in [0.05, 0.1) is 6.42 Å². The fourth-order valence-electron chi connectivity index (χ4n) is 2.39. The first-order valence-corrected chi connectivity index (χ1v) is 8.59. The summed E-state index contributed by atoms with van der Waals surface area (Å²) in [7, 11) is 1.50. The minimum absolute atomic E-state index is 0.0150. The van der Waals surface area contributed by atoms with Crippen LogP contribution in [0, 0.1) is 12.7 Å². The Balaban J connectivity index is 1.74. The quantitative estimate of drug-likeness (QED) is 0.528. The number of Topliss-reactive ketones (excluding diaryl/α,β-unsaturated/α-hetero) is 1. The molecule has 2 aromatic rings. The predicted octanol–water partition coefficient (Wildman–Crippen LogP) is 3.30. The van der Waals surface area contributed by atoms with Crippen LogP contribution >= 0.6 is 0 Å². The van der Waals surface area contributed by atoms with Gasteiger partial charge >= 0.3 is 5.97 Å². The number of carbonyl (C=O) groups excluding carboxylic acids is 3. The Kier molecular flexibility index (Phi) is 7.23. The number of likely N-dealkylation sites (N-methyl/N-ethyl adjacent to an activating group) is 1. The summed E-state index contributed by atoms with van der Waals surface area (Å²) in [4.78, 5) is 37.1. The molecule has 0 N–H and O–H groups in total. The number of rotatable bonds is 8. The van der Waals surface area contributed by atoms with Crippen molar-refractivity contribution in [1.29, 1.82) is 0 Å². The zero-order chi connectivity index (χ0) is 19.8. The molecule has 0 atom stereocenters. The molecule has 5 nitrogen and oxygen atoms in total. The predicted molar refractivity (Wildman–Crippen MR) is 98.6 cm³/mol. The molecule has 0 spiro atoms. The van der Waals surface area contributed by atoms with Crippen LogP contribution in [0.15, 0.2) is 48.5 Å². The standard InChI is InChI=1S/C21H22FNO4/c1-15-7-9-16(10-8-15)19(24)11-12-21(26)27-14-20(25)23(2)13-17-5-3-4-6-18(17)22/h3-10H,11-14H2,1-2H3. The smallest absolute Gasteiger partial charge is 0.306 e. The summed E-state index contributed by atoms with van der Waals surface area (Å²) in [6.45, 7) is 1.56. The number of hydrogen-bond donors (Lipinski definition) is 0. The largest absolute Gasteiger partial charge is 0.456 e. The van der Waals surface area contributed by atoms with Gasteiger partial charge in [-0.1, -0.05) is 48.0 Å². The van der Waals surface area contributed by atoms with Crippen LogP contribution in [-0.4, -0.2) is 36.2 Å². The van der Waals surface area contributed by atoms with E-state index in [2.05, 4.69) is 0 Å². The molecule has 6 heteroatoms. The van der Waals surface area contributed by atoms with Gasteiger partial charge in [-0.15, -0.1) is 0 Å². The Morgan fingerprint density at radius 2 is 1.67 bits per heavy atom. The van der Waals surface area contributed by atoms with Gasteiger partial charge in [-0.3, -0.25) is 14.4 Å². The van der Waals surface area contributed by atoms with Crippen molar-refractivity contribution >= 4 is 17.7 Å². The number of esters is 1. The highest BCUT2D eigenvalue weighted by Gasteiger charge is 2.15. The van der Waals surface area contributed by atoms with Crippen LogP contribution < -0.4 is 0 Å². The van der Waals surface area contributed by atoms with Crippen LogP contribution in [0.2, 0.25) is 0 Å². The molecule has 2 rings (SSSR count). The number of halogens is 1. The van der Waals surface area contributed by atoms with Crippen LogP contribution in [0.4, 0.5) is 4.39 Å². The maximum absolute atomic E-state index is 13.6. The van der Waals surface area contributed by atoms with E-state index in [0.29, 0.717) is 11.1 Å². The fraction of sp³-hybridized carbons (Fsp3) is 0.286. The molecule has 1 amide bonds. The summed E-state index contributed by atoms with van der Waals surface area (Å²) >= 11 is 0. The van der Waals surface area contributed by atoms with Gasteiger partial charge in [0, 0.05) is 31.1 Å². The van der Waals surface area contributed by atoms with Gasteiger partial charge in [-0.05, 0) is 13.0 Å². The topological polar surface area (TPSA) is 63.7 Å². The second-order valence-corrected chi connectivity index (χ2v) is 6.29. The third-order valence-electron chi connectivity index (χ3n) is 4.08. The van der Waals surface area contributed by atoms with Gasteiger partial charge < -0.3 is 9.64 Å². The van der Waals surface area contributed by atoms with Gasteiger partial charge in [0.2, 0.25) is 0 Å². The Bertz CT molecular complexity index is 817. The van der Waals surface area contributed by atoms with Crippen molar-refractivity contribution in [3.05, 3.63) is 71.0 Å². The lowest BCUT2D eigenvalue weighted by Gasteiger charge is -2.17. The molecular formula is C21H22FNO4. The van der Waals surface area contributed by atoms with E-state index in [9.17, 15) is 18.8 Å². The van der Waals surface area contributed by atoms with E-state index in [1.165, 1.54) is 18.0 Å². The second kappa shape index (κ2) is 9.62. The highest BCUT2D eigenvalue weighted by Crippen LogP contribution is 2.10. The first-order valence-electron chi connectivity index (χ1n) is 8.59. The monoisotopic (exact) mass is 371 g/mol. The van der Waals surface area contributed by atoms with Gasteiger partial charge in [0.1, 0.15) is 5.82 Å². The van der Waals surface area contributed by atoms with Crippen molar-refractivity contribution in [3.8, 4) is 0 Å². The van der Waals surface area contributed by atoms with E-state index in [1.54, 1.807) is 30.3 Å².